The van der Waals surface area contributed by atoms with Crippen LogP contribution in [0.1, 0.15) is 17.8 Å². The van der Waals surface area contributed by atoms with Gasteiger partial charge in [0.25, 0.3) is 10.0 Å². The van der Waals surface area contributed by atoms with Crippen LogP contribution in [0.3, 0.4) is 0 Å². The number of rotatable bonds is 2. The first kappa shape index (κ1) is 14.8. The Bertz CT molecular complexity index is 466. The fourth-order valence-electron chi connectivity index (χ4n) is 1.70. The number of aryl methyl sites for hydroxylation is 1. The van der Waals surface area contributed by atoms with Crippen molar-refractivity contribution in [2.45, 2.75) is 30.0 Å². The van der Waals surface area contributed by atoms with E-state index < -0.39 is 10.0 Å². The van der Waals surface area contributed by atoms with E-state index in [-0.39, 0.29) is 18.4 Å². The van der Waals surface area contributed by atoms with E-state index in [0.717, 1.165) is 17.8 Å². The fraction of sp³-hybridized carbons (Fsp3) is 0.667. The van der Waals surface area contributed by atoms with Crippen molar-refractivity contribution in [2.24, 2.45) is 5.73 Å². The molecule has 1 aliphatic heterocycles. The number of hydrogen-bond donors (Lipinski definition) is 1. The second-order valence-electron chi connectivity index (χ2n) is 3.94. The van der Waals surface area contributed by atoms with Gasteiger partial charge in [0.15, 0.2) is 4.21 Å². The lowest BCUT2D eigenvalue weighted by molar-refractivity contribution is 0.320. The molecule has 17 heavy (non-hydrogen) atoms. The summed E-state index contributed by atoms with van der Waals surface area (Å²) in [6.07, 6.45) is 2.90. The summed E-state index contributed by atoms with van der Waals surface area (Å²) < 4.78 is 26.2. The molecule has 8 heteroatoms. The Morgan fingerprint density at radius 3 is 2.53 bits per heavy atom. The molecule has 1 aromatic rings. The first-order valence-electron chi connectivity index (χ1n) is 5.18. The fourth-order valence-corrected chi connectivity index (χ4v) is 4.44. The maximum atomic E-state index is 12.2. The molecular weight excluding hydrogens is 282 g/mol. The SMILES string of the molecule is Cc1ncc(S(=O)(=O)N2CCC(N)CC2)s1.Cl. The van der Waals surface area contributed by atoms with Gasteiger partial charge < -0.3 is 5.73 Å². The first-order chi connectivity index (χ1) is 7.50. The third kappa shape index (κ3) is 3.17. The normalized spacial score (nSPS) is 18.9. The number of halogens is 1. The molecule has 0 spiro atoms. The van der Waals surface area contributed by atoms with Crippen LogP contribution >= 0.6 is 23.7 Å². The molecule has 98 valence electrons. The van der Waals surface area contributed by atoms with Crippen LogP contribution in [0.15, 0.2) is 10.4 Å². The molecule has 0 aromatic carbocycles. The lowest BCUT2D eigenvalue weighted by Crippen LogP contribution is -2.42. The third-order valence-electron chi connectivity index (χ3n) is 2.69. The third-order valence-corrected chi connectivity index (χ3v) is 5.94. The monoisotopic (exact) mass is 297 g/mol. The van der Waals surface area contributed by atoms with Crippen LogP contribution in [-0.2, 0) is 10.0 Å². The molecule has 1 saturated heterocycles. The number of sulfonamides is 1. The molecule has 0 saturated carbocycles. The van der Waals surface area contributed by atoms with Crippen LogP contribution in [0.4, 0.5) is 0 Å². The van der Waals surface area contributed by atoms with Gasteiger partial charge in [-0.25, -0.2) is 13.4 Å². The molecular formula is C9H16ClN3O2S2. The van der Waals surface area contributed by atoms with Crippen LogP contribution in [0.2, 0.25) is 0 Å². The average Bonchev–Trinajstić information content (AvgIpc) is 2.66. The maximum Gasteiger partial charge on any atom is 0.254 e. The summed E-state index contributed by atoms with van der Waals surface area (Å²) in [6.45, 7) is 2.83. The molecule has 2 heterocycles. The Balaban J connectivity index is 0.00000144. The zero-order valence-electron chi connectivity index (χ0n) is 9.50. The molecule has 1 fully saturated rings. The summed E-state index contributed by atoms with van der Waals surface area (Å²) in [4.78, 5) is 3.98. The van der Waals surface area contributed by atoms with Gasteiger partial charge in [-0.1, -0.05) is 0 Å². The minimum absolute atomic E-state index is 0. The number of thiazole rings is 1. The molecule has 0 bridgehead atoms. The molecule has 5 nitrogen and oxygen atoms in total. The van der Waals surface area contributed by atoms with Gasteiger partial charge in [0, 0.05) is 19.1 Å². The van der Waals surface area contributed by atoms with Crippen molar-refractivity contribution in [3.8, 4) is 0 Å². The van der Waals surface area contributed by atoms with E-state index in [9.17, 15) is 8.42 Å². The summed E-state index contributed by atoms with van der Waals surface area (Å²) in [5, 5.41) is 0.771. The van der Waals surface area contributed by atoms with Crippen LogP contribution in [0, 0.1) is 6.92 Å². The molecule has 0 amide bonds. The first-order valence-corrected chi connectivity index (χ1v) is 7.44. The van der Waals surface area contributed by atoms with Crippen molar-refractivity contribution in [3.63, 3.8) is 0 Å². The predicted molar refractivity (Wildman–Crippen MR) is 70.1 cm³/mol. The van der Waals surface area contributed by atoms with Crippen molar-refractivity contribution >= 4 is 33.8 Å². The lowest BCUT2D eigenvalue weighted by Gasteiger charge is -2.28. The van der Waals surface area contributed by atoms with Crippen LogP contribution in [-0.4, -0.2) is 36.8 Å². The highest BCUT2D eigenvalue weighted by atomic mass is 35.5. The van der Waals surface area contributed by atoms with Gasteiger partial charge in [-0.05, 0) is 19.8 Å². The topological polar surface area (TPSA) is 76.3 Å². The molecule has 1 aliphatic rings. The number of hydrogen-bond acceptors (Lipinski definition) is 5. The van der Waals surface area contributed by atoms with Gasteiger partial charge in [0.2, 0.25) is 0 Å². The smallest absolute Gasteiger partial charge is 0.254 e. The molecule has 2 N–H and O–H groups in total. The molecule has 0 unspecified atom stereocenters. The van der Waals surface area contributed by atoms with Crippen molar-refractivity contribution < 1.29 is 8.42 Å². The van der Waals surface area contributed by atoms with E-state index >= 15 is 0 Å². The van der Waals surface area contributed by atoms with Crippen molar-refractivity contribution in [1.29, 1.82) is 0 Å². The summed E-state index contributed by atoms with van der Waals surface area (Å²) in [7, 11) is -3.33. The van der Waals surface area contributed by atoms with Gasteiger partial charge in [-0.2, -0.15) is 4.31 Å². The second-order valence-corrected chi connectivity index (χ2v) is 7.34. The minimum atomic E-state index is -3.33. The number of aromatic nitrogens is 1. The maximum absolute atomic E-state index is 12.2. The Labute approximate surface area is 111 Å². The van der Waals surface area contributed by atoms with Gasteiger partial charge in [-0.3, -0.25) is 0 Å². The van der Waals surface area contributed by atoms with Gasteiger partial charge in [-0.15, -0.1) is 23.7 Å². The van der Waals surface area contributed by atoms with E-state index in [1.807, 2.05) is 0 Å². The second kappa shape index (κ2) is 5.62. The van der Waals surface area contributed by atoms with E-state index in [1.54, 1.807) is 6.92 Å². The van der Waals surface area contributed by atoms with E-state index in [4.69, 9.17) is 5.73 Å². The summed E-state index contributed by atoms with van der Waals surface area (Å²) in [6, 6.07) is 0.134. The Morgan fingerprint density at radius 1 is 1.47 bits per heavy atom. The summed E-state index contributed by atoms with van der Waals surface area (Å²) in [5.41, 5.74) is 5.75. The molecule has 0 atom stereocenters. The zero-order valence-corrected chi connectivity index (χ0v) is 11.9. The highest BCUT2D eigenvalue weighted by Gasteiger charge is 2.29. The highest BCUT2D eigenvalue weighted by Crippen LogP contribution is 2.24. The van der Waals surface area contributed by atoms with Crippen LogP contribution < -0.4 is 5.73 Å². The molecule has 1 aromatic heterocycles. The molecule has 2 rings (SSSR count). The van der Waals surface area contributed by atoms with Gasteiger partial charge >= 0.3 is 0 Å². The van der Waals surface area contributed by atoms with Crippen LogP contribution in [0.5, 0.6) is 0 Å². The predicted octanol–water partition coefficient (Wildman–Crippen LogP) is 0.985. The van der Waals surface area contributed by atoms with E-state index in [2.05, 4.69) is 4.98 Å². The van der Waals surface area contributed by atoms with Gasteiger partial charge in [0.05, 0.1) is 11.2 Å². The van der Waals surface area contributed by atoms with Crippen molar-refractivity contribution in [1.82, 2.24) is 9.29 Å². The van der Waals surface area contributed by atoms with Crippen molar-refractivity contribution in [2.75, 3.05) is 13.1 Å². The zero-order chi connectivity index (χ0) is 11.8. The Hall–Kier alpha value is -0.210. The van der Waals surface area contributed by atoms with Gasteiger partial charge in [0.1, 0.15) is 0 Å². The molecule has 0 radical (unpaired) electrons. The standard InChI is InChI=1S/C9H15N3O2S2.ClH/c1-7-11-6-9(15-7)16(13,14)12-4-2-8(10)3-5-12;/h6,8H,2-5,10H2,1H3;1H. The van der Waals surface area contributed by atoms with E-state index in [0.29, 0.717) is 17.3 Å². The Morgan fingerprint density at radius 2 is 2.06 bits per heavy atom. The minimum Gasteiger partial charge on any atom is -0.328 e. The average molecular weight is 298 g/mol. The molecule has 0 aliphatic carbocycles. The number of nitrogens with two attached hydrogens (primary N) is 1. The quantitative estimate of drug-likeness (QED) is 0.883. The van der Waals surface area contributed by atoms with Crippen LogP contribution in [0.25, 0.3) is 0 Å². The highest BCUT2D eigenvalue weighted by molar-refractivity contribution is 7.91. The summed E-state index contributed by atoms with van der Waals surface area (Å²) >= 11 is 1.22. The summed E-state index contributed by atoms with van der Waals surface area (Å²) in [5.74, 6) is 0. The van der Waals surface area contributed by atoms with E-state index in [1.165, 1.54) is 21.8 Å². The lowest BCUT2D eigenvalue weighted by atomic mass is 10.1. The largest absolute Gasteiger partial charge is 0.328 e. The van der Waals surface area contributed by atoms with Crippen molar-refractivity contribution in [3.05, 3.63) is 11.2 Å². The number of nitrogens with zero attached hydrogens (tertiary/aromatic N) is 2. The Kier molecular flexibility index (Phi) is 4.91. The number of piperidine rings is 1.